The molecule has 2 rings (SSSR count). The number of halogens is 1. The van der Waals surface area contributed by atoms with Gasteiger partial charge in [-0.1, -0.05) is 35.5 Å². The number of hydrogen-bond acceptors (Lipinski definition) is 6. The number of nitriles is 1. The molecule has 0 saturated heterocycles. The minimum atomic E-state index is -0.393. The smallest absolute Gasteiger partial charge is 0.190 e. The lowest BCUT2D eigenvalue weighted by molar-refractivity contribution is 0.0994. The highest BCUT2D eigenvalue weighted by molar-refractivity contribution is 8.00. The summed E-state index contributed by atoms with van der Waals surface area (Å²) in [5.41, 5.74) is 6.37. The summed E-state index contributed by atoms with van der Waals surface area (Å²) < 4.78 is 0. The largest absolute Gasteiger partial charge is 0.382 e. The van der Waals surface area contributed by atoms with Crippen LogP contribution in [0.3, 0.4) is 0 Å². The molecular formula is C14H11ClN4OS. The molecule has 7 heteroatoms. The molecule has 2 aromatic rings. The number of benzene rings is 1. The number of nitrogens with two attached hydrogens (primary N) is 1. The third-order valence-electron chi connectivity index (χ3n) is 2.68. The molecule has 1 aromatic heterocycles. The van der Waals surface area contributed by atoms with E-state index in [1.54, 1.807) is 31.2 Å². The molecule has 2 N–H and O–H groups in total. The van der Waals surface area contributed by atoms with Crippen molar-refractivity contribution in [1.29, 1.82) is 5.26 Å². The Morgan fingerprint density at radius 2 is 2.29 bits per heavy atom. The molecule has 1 atom stereocenters. The summed E-state index contributed by atoms with van der Waals surface area (Å²) in [6.07, 6.45) is 1.35. The van der Waals surface area contributed by atoms with Crippen LogP contribution in [0.5, 0.6) is 0 Å². The summed E-state index contributed by atoms with van der Waals surface area (Å²) in [5.74, 6) is 0.0337. The SMILES string of the molecule is CC(Sc1ncc(C#N)c(N)n1)C(=O)c1cccc(Cl)c1. The molecule has 0 bridgehead atoms. The number of hydrogen-bond donors (Lipinski definition) is 1. The van der Waals surface area contributed by atoms with Gasteiger partial charge in [0.2, 0.25) is 0 Å². The predicted octanol–water partition coefficient (Wildman–Crippen LogP) is 2.95. The first kappa shape index (κ1) is 15.3. The number of nitrogen functional groups attached to an aromatic ring is 1. The van der Waals surface area contributed by atoms with Gasteiger partial charge in [-0.05, 0) is 19.1 Å². The Morgan fingerprint density at radius 3 is 2.90 bits per heavy atom. The van der Waals surface area contributed by atoms with Crippen molar-refractivity contribution in [2.75, 3.05) is 5.73 Å². The van der Waals surface area contributed by atoms with E-state index in [0.29, 0.717) is 15.7 Å². The average molecular weight is 319 g/mol. The molecule has 0 spiro atoms. The first-order valence-corrected chi connectivity index (χ1v) is 7.26. The Bertz CT molecular complexity index is 729. The first-order chi connectivity index (χ1) is 10.0. The standard InChI is InChI=1S/C14H11ClN4OS/c1-8(12(20)9-3-2-4-11(15)5-9)21-14-18-7-10(6-16)13(17)19-14/h2-5,7-8H,1H3,(H2,17,18,19). The lowest BCUT2D eigenvalue weighted by Crippen LogP contribution is -2.14. The van der Waals surface area contributed by atoms with Crippen molar-refractivity contribution in [3.05, 3.63) is 46.6 Å². The number of nitrogens with zero attached hydrogens (tertiary/aromatic N) is 3. The molecule has 0 fully saturated rings. The lowest BCUT2D eigenvalue weighted by atomic mass is 10.1. The molecule has 1 aromatic carbocycles. The van der Waals surface area contributed by atoms with Crippen LogP contribution in [0, 0.1) is 11.3 Å². The van der Waals surface area contributed by atoms with Gasteiger partial charge in [0.25, 0.3) is 0 Å². The van der Waals surface area contributed by atoms with E-state index in [9.17, 15) is 4.79 Å². The Balaban J connectivity index is 2.14. The fourth-order valence-electron chi connectivity index (χ4n) is 1.61. The highest BCUT2D eigenvalue weighted by Crippen LogP contribution is 2.24. The third-order valence-corrected chi connectivity index (χ3v) is 3.89. The molecule has 0 aliphatic carbocycles. The zero-order valence-corrected chi connectivity index (χ0v) is 12.6. The van der Waals surface area contributed by atoms with Crippen molar-refractivity contribution >= 4 is 35.0 Å². The van der Waals surface area contributed by atoms with Gasteiger partial charge in [-0.3, -0.25) is 4.79 Å². The van der Waals surface area contributed by atoms with Crippen molar-refractivity contribution in [1.82, 2.24) is 9.97 Å². The molecule has 0 radical (unpaired) electrons. The Hall–Kier alpha value is -2.10. The second-order valence-corrected chi connectivity index (χ2v) is 5.94. The van der Waals surface area contributed by atoms with Crippen molar-refractivity contribution in [2.45, 2.75) is 17.3 Å². The fourth-order valence-corrected chi connectivity index (χ4v) is 2.62. The number of ketones is 1. The van der Waals surface area contributed by atoms with E-state index in [-0.39, 0.29) is 17.2 Å². The van der Waals surface area contributed by atoms with E-state index in [1.807, 2.05) is 6.07 Å². The predicted molar refractivity (Wildman–Crippen MR) is 82.3 cm³/mol. The molecule has 1 heterocycles. The van der Waals surface area contributed by atoms with Gasteiger partial charge in [0, 0.05) is 10.6 Å². The van der Waals surface area contributed by atoms with Crippen LogP contribution in [0.25, 0.3) is 0 Å². The lowest BCUT2D eigenvalue weighted by Gasteiger charge is -2.09. The monoisotopic (exact) mass is 318 g/mol. The van der Waals surface area contributed by atoms with E-state index in [1.165, 1.54) is 18.0 Å². The number of rotatable bonds is 4. The minimum Gasteiger partial charge on any atom is -0.382 e. The van der Waals surface area contributed by atoms with E-state index >= 15 is 0 Å². The number of carbonyl (C=O) groups excluding carboxylic acids is 1. The second-order valence-electron chi connectivity index (χ2n) is 4.20. The topological polar surface area (TPSA) is 92.7 Å². The summed E-state index contributed by atoms with van der Waals surface area (Å²) in [4.78, 5) is 20.3. The maximum atomic E-state index is 12.3. The van der Waals surface area contributed by atoms with E-state index in [2.05, 4.69) is 9.97 Å². The molecule has 1 unspecified atom stereocenters. The Labute approximate surface area is 131 Å². The van der Waals surface area contributed by atoms with Gasteiger partial charge in [-0.25, -0.2) is 9.97 Å². The molecule has 0 saturated carbocycles. The van der Waals surface area contributed by atoms with Crippen molar-refractivity contribution in [3.63, 3.8) is 0 Å². The molecule has 0 amide bonds. The summed E-state index contributed by atoms with van der Waals surface area (Å²) >= 11 is 7.06. The quantitative estimate of drug-likeness (QED) is 0.529. The summed E-state index contributed by atoms with van der Waals surface area (Å²) in [7, 11) is 0. The third kappa shape index (κ3) is 3.72. The van der Waals surface area contributed by atoms with E-state index < -0.39 is 5.25 Å². The van der Waals surface area contributed by atoms with Crippen LogP contribution in [0.2, 0.25) is 5.02 Å². The van der Waals surface area contributed by atoms with E-state index in [4.69, 9.17) is 22.6 Å². The van der Waals surface area contributed by atoms with Gasteiger partial charge in [0.1, 0.15) is 17.5 Å². The molecule has 0 aliphatic heterocycles. The Kier molecular flexibility index (Phi) is 4.78. The summed E-state index contributed by atoms with van der Waals surface area (Å²) in [6, 6.07) is 8.65. The second kappa shape index (κ2) is 6.57. The number of Topliss-reactive ketones (excluding diaryl/α,β-unsaturated/α-hetero) is 1. The van der Waals surface area contributed by atoms with E-state index in [0.717, 1.165) is 0 Å². The normalized spacial score (nSPS) is 11.7. The number of thioether (sulfide) groups is 1. The van der Waals surface area contributed by atoms with Crippen LogP contribution in [0.15, 0.2) is 35.6 Å². The van der Waals surface area contributed by atoms with Crippen LogP contribution in [-0.2, 0) is 0 Å². The summed E-state index contributed by atoms with van der Waals surface area (Å²) in [6.45, 7) is 1.76. The molecule has 0 aliphatic rings. The summed E-state index contributed by atoms with van der Waals surface area (Å²) in [5, 5.41) is 9.24. The molecular weight excluding hydrogens is 308 g/mol. The maximum Gasteiger partial charge on any atom is 0.190 e. The Morgan fingerprint density at radius 1 is 1.52 bits per heavy atom. The van der Waals surface area contributed by atoms with Gasteiger partial charge in [0.05, 0.1) is 11.4 Å². The molecule has 5 nitrogen and oxygen atoms in total. The van der Waals surface area contributed by atoms with Crippen LogP contribution >= 0.6 is 23.4 Å². The van der Waals surface area contributed by atoms with Gasteiger partial charge >= 0.3 is 0 Å². The molecule has 21 heavy (non-hydrogen) atoms. The number of aromatic nitrogens is 2. The zero-order chi connectivity index (χ0) is 15.4. The van der Waals surface area contributed by atoms with Gasteiger partial charge in [0.15, 0.2) is 10.9 Å². The van der Waals surface area contributed by atoms with Gasteiger partial charge in [-0.2, -0.15) is 5.26 Å². The fraction of sp³-hybridized carbons (Fsp3) is 0.143. The average Bonchev–Trinajstić information content (AvgIpc) is 2.46. The van der Waals surface area contributed by atoms with Crippen LogP contribution in [-0.4, -0.2) is 21.0 Å². The van der Waals surface area contributed by atoms with Gasteiger partial charge < -0.3 is 5.73 Å². The van der Waals surface area contributed by atoms with Crippen molar-refractivity contribution < 1.29 is 4.79 Å². The maximum absolute atomic E-state index is 12.3. The highest BCUT2D eigenvalue weighted by atomic mass is 35.5. The zero-order valence-electron chi connectivity index (χ0n) is 11.1. The first-order valence-electron chi connectivity index (χ1n) is 6.00. The van der Waals surface area contributed by atoms with Crippen molar-refractivity contribution in [3.8, 4) is 6.07 Å². The number of anilines is 1. The minimum absolute atomic E-state index is 0.0750. The highest BCUT2D eigenvalue weighted by Gasteiger charge is 2.18. The van der Waals surface area contributed by atoms with Crippen LogP contribution in [0.4, 0.5) is 5.82 Å². The van der Waals surface area contributed by atoms with Gasteiger partial charge in [-0.15, -0.1) is 0 Å². The van der Waals surface area contributed by atoms with Crippen LogP contribution in [0.1, 0.15) is 22.8 Å². The number of carbonyl (C=O) groups is 1. The van der Waals surface area contributed by atoms with Crippen LogP contribution < -0.4 is 5.73 Å². The van der Waals surface area contributed by atoms with Crippen molar-refractivity contribution in [2.24, 2.45) is 0 Å². The molecule has 106 valence electrons.